The van der Waals surface area contributed by atoms with Crippen molar-refractivity contribution in [3.63, 3.8) is 0 Å². The predicted molar refractivity (Wildman–Crippen MR) is 110 cm³/mol. The minimum Gasteiger partial charge on any atom is -0.482 e. The van der Waals surface area contributed by atoms with Crippen LogP contribution in [0.3, 0.4) is 0 Å². The second-order valence-corrected chi connectivity index (χ2v) is 7.85. The van der Waals surface area contributed by atoms with Gasteiger partial charge in [0.15, 0.2) is 16.3 Å². The average Bonchev–Trinajstić information content (AvgIpc) is 2.98. The Hall–Kier alpha value is -3.04. The van der Waals surface area contributed by atoms with Gasteiger partial charge in [0.25, 0.3) is 5.91 Å². The van der Waals surface area contributed by atoms with Crippen molar-refractivity contribution in [2.75, 3.05) is 0 Å². The van der Waals surface area contributed by atoms with Crippen LogP contribution >= 0.6 is 11.3 Å². The first-order valence-corrected chi connectivity index (χ1v) is 9.84. The smallest absolute Gasteiger partial charge is 0.293 e. The minimum absolute atomic E-state index is 0.342. The molecule has 3 aromatic rings. The van der Waals surface area contributed by atoms with E-state index in [1.807, 2.05) is 22.8 Å². The molecule has 2 atom stereocenters. The molecule has 0 fully saturated rings. The van der Waals surface area contributed by atoms with E-state index in [0.29, 0.717) is 22.8 Å². The van der Waals surface area contributed by atoms with Crippen molar-refractivity contribution in [3.8, 4) is 23.8 Å². The van der Waals surface area contributed by atoms with Crippen molar-refractivity contribution < 1.29 is 14.3 Å². The van der Waals surface area contributed by atoms with Gasteiger partial charge in [0.05, 0.1) is 16.8 Å². The van der Waals surface area contributed by atoms with Crippen LogP contribution in [0.2, 0.25) is 0 Å². The van der Waals surface area contributed by atoms with Crippen LogP contribution in [0.25, 0.3) is 10.2 Å². The molecule has 2 unspecified atom stereocenters. The summed E-state index contributed by atoms with van der Waals surface area (Å²) in [6, 6.07) is 11.5. The van der Waals surface area contributed by atoms with Crippen molar-refractivity contribution >= 4 is 27.5 Å². The van der Waals surface area contributed by atoms with Gasteiger partial charge in [-0.25, -0.2) is 0 Å². The van der Waals surface area contributed by atoms with E-state index >= 15 is 0 Å². The molecule has 0 N–H and O–H groups in total. The Balaban J connectivity index is 1.76. The number of aryl methyl sites for hydroxylation is 2. The molecule has 2 heterocycles. The van der Waals surface area contributed by atoms with Gasteiger partial charge in [0.1, 0.15) is 6.10 Å². The predicted octanol–water partition coefficient (Wildman–Crippen LogP) is 3.61. The molecule has 1 aromatic heterocycles. The van der Waals surface area contributed by atoms with Crippen molar-refractivity contribution in [2.24, 2.45) is 4.99 Å². The van der Waals surface area contributed by atoms with E-state index in [-0.39, 0.29) is 5.91 Å². The van der Waals surface area contributed by atoms with Gasteiger partial charge in [-0.05, 0) is 56.2 Å². The lowest BCUT2D eigenvalue weighted by atomic mass is 10.1. The number of hydrogen-bond donors (Lipinski definition) is 0. The highest BCUT2D eigenvalue weighted by Crippen LogP contribution is 2.33. The number of fused-ring (bicyclic) bond motifs is 2. The van der Waals surface area contributed by atoms with Crippen molar-refractivity contribution in [2.45, 2.75) is 39.5 Å². The highest BCUT2D eigenvalue weighted by Gasteiger charge is 2.34. The number of amides is 1. The van der Waals surface area contributed by atoms with Crippen LogP contribution in [0, 0.1) is 26.2 Å². The standard InChI is InChI=1S/C22H20N2O3S/c1-5-10-24-16-11-13(2)14(3)12-19(16)28-22(24)23-21(25)20-15(4)26-17-8-6-7-9-18(17)27-20/h1,6-9,11-12,15,20H,10H2,2-4H3. The number of nitrogens with zero attached hydrogens (tertiary/aromatic N) is 2. The zero-order valence-corrected chi connectivity index (χ0v) is 16.7. The Bertz CT molecular complexity index is 1180. The fourth-order valence-corrected chi connectivity index (χ4v) is 4.31. The summed E-state index contributed by atoms with van der Waals surface area (Å²) in [4.78, 5) is 17.9. The SMILES string of the molecule is C#CCn1c(=NC(=O)C2Oc3ccccc3OC2C)sc2cc(C)c(C)cc21. The Morgan fingerprint density at radius 1 is 1.21 bits per heavy atom. The Kier molecular flexibility index (Phi) is 4.70. The summed E-state index contributed by atoms with van der Waals surface area (Å²) in [7, 11) is 0. The lowest BCUT2D eigenvalue weighted by molar-refractivity contribution is -0.130. The lowest BCUT2D eigenvalue weighted by Crippen LogP contribution is -2.43. The van der Waals surface area contributed by atoms with Crippen molar-refractivity contribution in [1.82, 2.24) is 4.57 Å². The van der Waals surface area contributed by atoms with E-state index in [0.717, 1.165) is 10.2 Å². The van der Waals surface area contributed by atoms with Crippen LogP contribution < -0.4 is 14.3 Å². The Labute approximate surface area is 167 Å². The maximum absolute atomic E-state index is 12.9. The number of carbonyl (C=O) groups excluding carboxylic acids is 1. The van der Waals surface area contributed by atoms with E-state index in [1.54, 1.807) is 13.0 Å². The number of terminal acetylenes is 1. The summed E-state index contributed by atoms with van der Waals surface area (Å²) in [6.07, 6.45) is 4.32. The summed E-state index contributed by atoms with van der Waals surface area (Å²) in [6.45, 7) is 6.27. The normalized spacial score (nSPS) is 18.9. The molecule has 1 aliphatic heterocycles. The molecule has 0 spiro atoms. The summed E-state index contributed by atoms with van der Waals surface area (Å²) in [5.74, 6) is 3.45. The number of hydrogen-bond acceptors (Lipinski definition) is 4. The third-order valence-electron chi connectivity index (χ3n) is 4.84. The van der Waals surface area contributed by atoms with Crippen LogP contribution in [0.1, 0.15) is 18.1 Å². The molecule has 6 heteroatoms. The number of benzene rings is 2. The first-order chi connectivity index (χ1) is 13.5. The maximum atomic E-state index is 12.9. The maximum Gasteiger partial charge on any atom is 0.293 e. The second-order valence-electron chi connectivity index (χ2n) is 6.84. The van der Waals surface area contributed by atoms with Crippen LogP contribution in [0.15, 0.2) is 41.4 Å². The molecular weight excluding hydrogens is 372 g/mol. The van der Waals surface area contributed by atoms with Crippen LogP contribution in [-0.2, 0) is 11.3 Å². The molecule has 4 rings (SSSR count). The first-order valence-electron chi connectivity index (χ1n) is 9.03. The average molecular weight is 392 g/mol. The Morgan fingerprint density at radius 3 is 2.61 bits per heavy atom. The molecule has 1 aliphatic rings. The molecule has 0 saturated heterocycles. The highest BCUT2D eigenvalue weighted by molar-refractivity contribution is 7.16. The summed E-state index contributed by atoms with van der Waals surface area (Å²) in [5.41, 5.74) is 3.34. The van der Waals surface area contributed by atoms with Gasteiger partial charge < -0.3 is 14.0 Å². The van der Waals surface area contributed by atoms with Crippen molar-refractivity contribution in [3.05, 3.63) is 52.3 Å². The van der Waals surface area contributed by atoms with Gasteiger partial charge >= 0.3 is 0 Å². The van der Waals surface area contributed by atoms with Gasteiger partial charge in [0, 0.05) is 0 Å². The lowest BCUT2D eigenvalue weighted by Gasteiger charge is -2.29. The van der Waals surface area contributed by atoms with Gasteiger partial charge in [-0.1, -0.05) is 29.4 Å². The molecule has 5 nitrogen and oxygen atoms in total. The highest BCUT2D eigenvalue weighted by atomic mass is 32.1. The fraction of sp³-hybridized carbons (Fsp3) is 0.273. The third kappa shape index (κ3) is 3.19. The summed E-state index contributed by atoms with van der Waals surface area (Å²) < 4.78 is 14.6. The van der Waals surface area contributed by atoms with E-state index in [9.17, 15) is 4.79 Å². The van der Waals surface area contributed by atoms with E-state index in [4.69, 9.17) is 15.9 Å². The molecule has 2 aromatic carbocycles. The summed E-state index contributed by atoms with van der Waals surface area (Å²) >= 11 is 1.45. The number of carbonyl (C=O) groups is 1. The molecule has 0 bridgehead atoms. The zero-order valence-electron chi connectivity index (χ0n) is 15.9. The molecule has 28 heavy (non-hydrogen) atoms. The topological polar surface area (TPSA) is 52.8 Å². The second kappa shape index (κ2) is 7.17. The van der Waals surface area contributed by atoms with Gasteiger partial charge in [0.2, 0.25) is 6.10 Å². The van der Waals surface area contributed by atoms with E-state index in [2.05, 4.69) is 36.9 Å². The minimum atomic E-state index is -0.803. The van der Waals surface area contributed by atoms with Gasteiger partial charge in [-0.3, -0.25) is 4.79 Å². The number of aromatic nitrogens is 1. The zero-order chi connectivity index (χ0) is 19.8. The fourth-order valence-electron chi connectivity index (χ4n) is 3.20. The van der Waals surface area contributed by atoms with E-state index < -0.39 is 12.2 Å². The van der Waals surface area contributed by atoms with Crippen LogP contribution in [-0.4, -0.2) is 22.7 Å². The quantitative estimate of drug-likeness (QED) is 0.626. The molecule has 1 amide bonds. The number of thiazole rings is 1. The number of ether oxygens (including phenoxy) is 2. The third-order valence-corrected chi connectivity index (χ3v) is 5.88. The van der Waals surface area contributed by atoms with Crippen LogP contribution in [0.5, 0.6) is 11.5 Å². The first kappa shape index (κ1) is 18.3. The van der Waals surface area contributed by atoms with Crippen LogP contribution in [0.4, 0.5) is 0 Å². The number of rotatable bonds is 2. The van der Waals surface area contributed by atoms with Gasteiger partial charge in [-0.2, -0.15) is 4.99 Å². The Morgan fingerprint density at radius 2 is 1.89 bits per heavy atom. The van der Waals surface area contributed by atoms with E-state index in [1.165, 1.54) is 22.5 Å². The monoisotopic (exact) mass is 392 g/mol. The number of para-hydroxylation sites is 2. The summed E-state index contributed by atoms with van der Waals surface area (Å²) in [5, 5.41) is 0. The largest absolute Gasteiger partial charge is 0.482 e. The van der Waals surface area contributed by atoms with Gasteiger partial charge in [-0.15, -0.1) is 6.42 Å². The molecule has 0 saturated carbocycles. The molecule has 142 valence electrons. The van der Waals surface area contributed by atoms with Crippen molar-refractivity contribution in [1.29, 1.82) is 0 Å². The molecule has 0 aliphatic carbocycles. The molecule has 0 radical (unpaired) electrons. The molecular formula is C22H20N2O3S.